The van der Waals surface area contributed by atoms with Crippen molar-refractivity contribution in [1.29, 1.82) is 0 Å². The van der Waals surface area contributed by atoms with Crippen molar-refractivity contribution in [2.24, 2.45) is 0 Å². The molecule has 0 atom stereocenters. The summed E-state index contributed by atoms with van der Waals surface area (Å²) >= 11 is 0. The third-order valence-corrected chi connectivity index (χ3v) is 4.51. The Morgan fingerprint density at radius 2 is 1.84 bits per heavy atom. The second-order valence-electron chi connectivity index (χ2n) is 5.63. The molecule has 0 fully saturated rings. The molecule has 130 valence electrons. The Labute approximate surface area is 191 Å². The zero-order valence-corrected chi connectivity index (χ0v) is 18.5. The van der Waals surface area contributed by atoms with Gasteiger partial charge in [0.25, 0.3) is 10.1 Å². The zero-order chi connectivity index (χ0) is 17.6. The number of hydrogen-bond donors (Lipinski definition) is 1. The van der Waals surface area contributed by atoms with Crippen molar-refractivity contribution in [3.05, 3.63) is 48.0 Å². The van der Waals surface area contributed by atoms with E-state index in [-0.39, 0.29) is 62.0 Å². The molecule has 0 aliphatic rings. The van der Waals surface area contributed by atoms with Gasteiger partial charge in [-0.05, 0) is 36.6 Å². The van der Waals surface area contributed by atoms with Crippen molar-refractivity contribution in [2.75, 3.05) is 0 Å². The normalized spacial score (nSPS) is 11.0. The van der Waals surface area contributed by atoms with Gasteiger partial charge in [-0.2, -0.15) is 8.42 Å². The van der Waals surface area contributed by atoms with Crippen LogP contribution in [0.25, 0.3) is 0 Å². The fraction of sp³-hybridized carbons (Fsp3) is 0.333. The van der Waals surface area contributed by atoms with E-state index in [9.17, 15) is 13.5 Å². The molecule has 0 saturated heterocycles. The number of hydrogen-bond acceptors (Lipinski definition) is 4. The van der Waals surface area contributed by atoms with Crippen LogP contribution in [0.5, 0.6) is 17.2 Å². The van der Waals surface area contributed by atoms with Crippen molar-refractivity contribution >= 4 is 10.1 Å². The van der Waals surface area contributed by atoms with Gasteiger partial charge >= 0.3 is 51.4 Å². The maximum absolute atomic E-state index is 11.6. The molecule has 2 rings (SSSR count). The molecule has 0 spiro atoms. The average molecular weight is 389 g/mol. The van der Waals surface area contributed by atoms with Crippen LogP contribution >= 0.6 is 0 Å². The third-order valence-electron chi connectivity index (χ3n) is 3.66. The second kappa shape index (κ2) is 10.7. The summed E-state index contributed by atoms with van der Waals surface area (Å²) in [5.74, 6) is 0.733. The van der Waals surface area contributed by atoms with E-state index in [1.807, 2.05) is 0 Å². The van der Waals surface area contributed by atoms with Crippen LogP contribution in [0.15, 0.2) is 47.4 Å². The molecule has 5 nitrogen and oxygen atoms in total. The Morgan fingerprint density at radius 1 is 1.08 bits per heavy atom. The second-order valence-corrected chi connectivity index (χ2v) is 7.05. The van der Waals surface area contributed by atoms with Crippen molar-refractivity contribution in [3.8, 4) is 17.2 Å². The van der Waals surface area contributed by atoms with Crippen molar-refractivity contribution in [1.82, 2.24) is 0 Å². The van der Waals surface area contributed by atoms with Crippen molar-refractivity contribution in [3.63, 3.8) is 0 Å². The van der Waals surface area contributed by atoms with Gasteiger partial charge in [0, 0.05) is 6.07 Å². The van der Waals surface area contributed by atoms with Crippen LogP contribution in [0.4, 0.5) is 0 Å². The maximum Gasteiger partial charge on any atom is 1.00 e. The molecule has 25 heavy (non-hydrogen) atoms. The molecule has 0 heterocycles. The molecule has 0 amide bonds. The molecule has 0 aliphatic heterocycles. The molecule has 0 saturated carbocycles. The van der Waals surface area contributed by atoms with E-state index in [0.29, 0.717) is 11.5 Å². The molecular formula is C18H21KO5S. The Bertz CT molecular complexity index is 790. The van der Waals surface area contributed by atoms with Gasteiger partial charge in [0.05, 0.1) is 4.90 Å². The molecular weight excluding hydrogens is 367 g/mol. The Kier molecular flexibility index (Phi) is 9.65. The summed E-state index contributed by atoms with van der Waals surface area (Å²) in [4.78, 5) is -0.232. The zero-order valence-electron chi connectivity index (χ0n) is 14.6. The minimum absolute atomic E-state index is 0. The summed E-state index contributed by atoms with van der Waals surface area (Å²) in [6, 6.07) is 10.2. The van der Waals surface area contributed by atoms with Crippen LogP contribution in [-0.2, 0) is 16.5 Å². The summed E-state index contributed by atoms with van der Waals surface area (Å²) in [6.45, 7) is 2.13. The van der Waals surface area contributed by atoms with E-state index in [1.54, 1.807) is 18.2 Å². The summed E-state index contributed by atoms with van der Waals surface area (Å²) in [7, 11) is -4.28. The van der Waals surface area contributed by atoms with Crippen LogP contribution in [0, 0.1) is 0 Å². The van der Waals surface area contributed by atoms with Gasteiger partial charge in [-0.3, -0.25) is 4.55 Å². The molecule has 7 heteroatoms. The fourth-order valence-corrected chi connectivity index (χ4v) is 2.93. The van der Waals surface area contributed by atoms with Crippen LogP contribution < -0.4 is 61.2 Å². The van der Waals surface area contributed by atoms with Gasteiger partial charge in [0.1, 0.15) is 11.5 Å². The van der Waals surface area contributed by atoms with Crippen LogP contribution in [-0.4, -0.2) is 13.0 Å². The minimum atomic E-state index is -4.28. The number of aryl methyl sites for hydroxylation is 1. The molecule has 0 aliphatic carbocycles. The average Bonchev–Trinajstić information content (AvgIpc) is 2.53. The Morgan fingerprint density at radius 3 is 2.52 bits per heavy atom. The minimum Gasteiger partial charge on any atom is -0.872 e. The molecule has 0 aromatic heterocycles. The van der Waals surface area contributed by atoms with Crippen LogP contribution in [0.1, 0.15) is 38.2 Å². The largest absolute Gasteiger partial charge is 1.00 e. The number of rotatable bonds is 8. The fourth-order valence-electron chi connectivity index (χ4n) is 2.42. The van der Waals surface area contributed by atoms with Gasteiger partial charge in [0.15, 0.2) is 0 Å². The van der Waals surface area contributed by atoms with Gasteiger partial charge in [-0.25, -0.2) is 0 Å². The first-order valence-electron chi connectivity index (χ1n) is 7.95. The van der Waals surface area contributed by atoms with Gasteiger partial charge in [-0.1, -0.05) is 44.4 Å². The smallest absolute Gasteiger partial charge is 0.872 e. The standard InChI is InChI=1S/C18H22O5S.K/c1-2-3-4-5-7-14-12-15(19)10-11-18(14)23-16-8-6-9-17(13-16)24(20,21)22;/h6,8-13,19H,2-5,7H2,1H3,(H,20,21,22);/q;+1/p-1. The Balaban J connectivity index is 0.00000312. The first-order chi connectivity index (χ1) is 11.4. The molecule has 1 N–H and O–H groups in total. The predicted molar refractivity (Wildman–Crippen MR) is 90.1 cm³/mol. The van der Waals surface area contributed by atoms with Crippen LogP contribution in [0.2, 0.25) is 0 Å². The first kappa shape index (κ1) is 22.6. The number of ether oxygens (including phenoxy) is 1. The number of unbranched alkanes of at least 4 members (excludes halogenated alkanes) is 3. The number of benzene rings is 2. The topological polar surface area (TPSA) is 86.7 Å². The van der Waals surface area contributed by atoms with E-state index in [4.69, 9.17) is 9.29 Å². The van der Waals surface area contributed by atoms with Crippen LogP contribution in [0.3, 0.4) is 0 Å². The predicted octanol–water partition coefficient (Wildman–Crippen LogP) is 0.926. The molecule has 2 aromatic carbocycles. The molecule has 0 unspecified atom stereocenters. The van der Waals surface area contributed by atoms with E-state index in [1.165, 1.54) is 24.3 Å². The summed E-state index contributed by atoms with van der Waals surface area (Å²) < 4.78 is 37.3. The summed E-state index contributed by atoms with van der Waals surface area (Å²) in [6.07, 6.45) is 5.04. The third kappa shape index (κ3) is 7.38. The van der Waals surface area contributed by atoms with Gasteiger partial charge in [0.2, 0.25) is 0 Å². The molecule has 0 bridgehead atoms. The monoisotopic (exact) mass is 388 g/mol. The van der Waals surface area contributed by atoms with E-state index >= 15 is 0 Å². The summed E-state index contributed by atoms with van der Waals surface area (Å²) in [5, 5.41) is 11.6. The first-order valence-corrected chi connectivity index (χ1v) is 9.39. The maximum atomic E-state index is 11.6. The Hall–Kier alpha value is -0.414. The van der Waals surface area contributed by atoms with E-state index in [0.717, 1.165) is 37.7 Å². The SMILES string of the molecule is CCCCCCc1cc([O-])ccc1Oc1cccc(S(=O)(=O)O)c1.[K+]. The molecule has 0 radical (unpaired) electrons. The van der Waals surface area contributed by atoms with Crippen molar-refractivity contribution < 1.29 is 74.2 Å². The van der Waals surface area contributed by atoms with Gasteiger partial charge < -0.3 is 9.84 Å². The quantitative estimate of drug-likeness (QED) is 0.413. The summed E-state index contributed by atoms with van der Waals surface area (Å²) in [5.41, 5.74) is 0.802. The molecule has 2 aromatic rings. The van der Waals surface area contributed by atoms with Crippen molar-refractivity contribution in [2.45, 2.75) is 43.9 Å². The van der Waals surface area contributed by atoms with Gasteiger partial charge in [-0.15, -0.1) is 5.75 Å². The van der Waals surface area contributed by atoms with E-state index < -0.39 is 10.1 Å². The van der Waals surface area contributed by atoms with E-state index in [2.05, 4.69) is 6.92 Å².